The van der Waals surface area contributed by atoms with Crippen LogP contribution >= 0.6 is 0 Å². The zero-order chi connectivity index (χ0) is 7.33. The molecule has 0 aromatic carbocycles. The van der Waals surface area contributed by atoms with Gasteiger partial charge in [-0.15, -0.1) is 0 Å². The minimum atomic E-state index is -1.21. The SMILES string of the molecule is CC(C)(F)CCN=[N+]=[N-]. The highest BCUT2D eigenvalue weighted by atomic mass is 19.1. The molecule has 9 heavy (non-hydrogen) atoms. The smallest absolute Gasteiger partial charge is 0.105 e. The van der Waals surface area contributed by atoms with Gasteiger partial charge in [0.25, 0.3) is 0 Å². The predicted molar refractivity (Wildman–Crippen MR) is 33.8 cm³/mol. The Labute approximate surface area is 53.5 Å². The van der Waals surface area contributed by atoms with Crippen LogP contribution in [0.2, 0.25) is 0 Å². The molecule has 0 atom stereocenters. The average molecular weight is 131 g/mol. The van der Waals surface area contributed by atoms with Gasteiger partial charge in [-0.2, -0.15) is 0 Å². The fourth-order valence-electron chi connectivity index (χ4n) is 0.361. The van der Waals surface area contributed by atoms with E-state index in [2.05, 4.69) is 10.0 Å². The van der Waals surface area contributed by atoms with Crippen molar-refractivity contribution in [3.05, 3.63) is 10.4 Å². The van der Waals surface area contributed by atoms with E-state index in [1.165, 1.54) is 13.8 Å². The number of alkyl halides is 1. The van der Waals surface area contributed by atoms with Gasteiger partial charge in [0, 0.05) is 11.5 Å². The molecule has 0 aliphatic rings. The second-order valence-corrected chi connectivity index (χ2v) is 2.42. The third-order valence-corrected chi connectivity index (χ3v) is 0.870. The van der Waals surface area contributed by atoms with Gasteiger partial charge in [-0.3, -0.25) is 0 Å². The molecular formula is C5H10FN3. The van der Waals surface area contributed by atoms with Crippen LogP contribution in [0, 0.1) is 0 Å². The van der Waals surface area contributed by atoms with E-state index in [0.29, 0.717) is 0 Å². The lowest BCUT2D eigenvalue weighted by molar-refractivity contribution is 0.205. The molecule has 0 saturated carbocycles. The summed E-state index contributed by atoms with van der Waals surface area (Å²) in [5.41, 5.74) is 6.58. The van der Waals surface area contributed by atoms with Crippen molar-refractivity contribution in [3.63, 3.8) is 0 Å². The van der Waals surface area contributed by atoms with Gasteiger partial charge in [-0.25, -0.2) is 4.39 Å². The number of nitrogens with zero attached hydrogens (tertiary/aromatic N) is 3. The summed E-state index contributed by atoms with van der Waals surface area (Å²) in [7, 11) is 0. The fraction of sp³-hybridized carbons (Fsp3) is 1.00. The Morgan fingerprint density at radius 1 is 1.67 bits per heavy atom. The van der Waals surface area contributed by atoms with Crippen LogP contribution in [0.4, 0.5) is 4.39 Å². The van der Waals surface area contributed by atoms with Crippen LogP contribution in [0.15, 0.2) is 5.11 Å². The highest BCUT2D eigenvalue weighted by Crippen LogP contribution is 2.12. The average Bonchev–Trinajstić information content (AvgIpc) is 1.63. The second kappa shape index (κ2) is 3.30. The molecule has 0 aromatic rings. The van der Waals surface area contributed by atoms with E-state index in [1.54, 1.807) is 0 Å². The number of azide groups is 1. The molecule has 0 unspecified atom stereocenters. The first-order valence-corrected chi connectivity index (χ1v) is 2.76. The van der Waals surface area contributed by atoms with Gasteiger partial charge in [0.05, 0.1) is 0 Å². The van der Waals surface area contributed by atoms with Gasteiger partial charge in [0.1, 0.15) is 5.67 Å². The van der Waals surface area contributed by atoms with Gasteiger partial charge in [0.2, 0.25) is 0 Å². The topological polar surface area (TPSA) is 48.8 Å². The number of halogens is 1. The van der Waals surface area contributed by atoms with Crippen LogP contribution in [-0.4, -0.2) is 12.2 Å². The molecule has 0 aliphatic heterocycles. The molecule has 0 aromatic heterocycles. The van der Waals surface area contributed by atoms with Crippen LogP contribution in [-0.2, 0) is 0 Å². The Bertz CT molecular complexity index is 121. The first-order valence-electron chi connectivity index (χ1n) is 2.76. The molecule has 0 fully saturated rings. The summed E-state index contributed by atoms with van der Waals surface area (Å²) in [4.78, 5) is 2.50. The van der Waals surface area contributed by atoms with E-state index in [-0.39, 0.29) is 13.0 Å². The van der Waals surface area contributed by atoms with Gasteiger partial charge in [0.15, 0.2) is 0 Å². The minimum Gasteiger partial charge on any atom is -0.245 e. The van der Waals surface area contributed by atoms with Gasteiger partial charge in [-0.1, -0.05) is 5.11 Å². The van der Waals surface area contributed by atoms with E-state index in [1.807, 2.05) is 0 Å². The Morgan fingerprint density at radius 2 is 2.22 bits per heavy atom. The Hall–Kier alpha value is -0.760. The number of hydrogen-bond acceptors (Lipinski definition) is 1. The highest BCUT2D eigenvalue weighted by Gasteiger charge is 2.13. The van der Waals surface area contributed by atoms with Crippen LogP contribution in [0.1, 0.15) is 20.3 Å². The maximum atomic E-state index is 12.5. The van der Waals surface area contributed by atoms with E-state index >= 15 is 0 Å². The Kier molecular flexibility index (Phi) is 3.02. The lowest BCUT2D eigenvalue weighted by Gasteiger charge is -2.10. The molecule has 0 N–H and O–H groups in total. The fourth-order valence-corrected chi connectivity index (χ4v) is 0.361. The molecule has 0 rings (SSSR count). The first-order chi connectivity index (χ1) is 4.06. The molecule has 0 heterocycles. The molecule has 0 saturated heterocycles. The minimum absolute atomic E-state index is 0.236. The van der Waals surface area contributed by atoms with Crippen molar-refractivity contribution < 1.29 is 4.39 Å². The Balaban J connectivity index is 3.39. The molecule has 52 valence electrons. The quantitative estimate of drug-likeness (QED) is 0.321. The molecule has 0 bridgehead atoms. The molecule has 0 aliphatic carbocycles. The summed E-state index contributed by atoms with van der Waals surface area (Å²) < 4.78 is 12.5. The maximum Gasteiger partial charge on any atom is 0.105 e. The molecule has 0 radical (unpaired) electrons. The molecule has 4 heteroatoms. The van der Waals surface area contributed by atoms with Crippen LogP contribution in [0.5, 0.6) is 0 Å². The van der Waals surface area contributed by atoms with Crippen molar-refractivity contribution in [2.45, 2.75) is 25.9 Å². The van der Waals surface area contributed by atoms with E-state index in [4.69, 9.17) is 5.53 Å². The zero-order valence-corrected chi connectivity index (χ0v) is 5.63. The molecule has 0 spiro atoms. The van der Waals surface area contributed by atoms with Gasteiger partial charge < -0.3 is 0 Å². The van der Waals surface area contributed by atoms with E-state index < -0.39 is 5.67 Å². The van der Waals surface area contributed by atoms with Crippen molar-refractivity contribution in [2.75, 3.05) is 6.54 Å². The van der Waals surface area contributed by atoms with Crippen LogP contribution in [0.25, 0.3) is 10.4 Å². The summed E-state index contributed by atoms with van der Waals surface area (Å²) >= 11 is 0. The van der Waals surface area contributed by atoms with Crippen molar-refractivity contribution >= 4 is 0 Å². The standard InChI is InChI=1S/C5H10FN3/c1-5(2,6)3-4-8-9-7/h3-4H2,1-2H3. The predicted octanol–water partition coefficient (Wildman–Crippen LogP) is 2.43. The third-order valence-electron chi connectivity index (χ3n) is 0.870. The van der Waals surface area contributed by atoms with Crippen molar-refractivity contribution in [1.82, 2.24) is 0 Å². The lowest BCUT2D eigenvalue weighted by atomic mass is 10.1. The third kappa shape index (κ3) is 7.24. The van der Waals surface area contributed by atoms with Crippen molar-refractivity contribution in [1.29, 1.82) is 0 Å². The normalized spacial score (nSPS) is 10.6. The maximum absolute atomic E-state index is 12.5. The first kappa shape index (κ1) is 8.24. The summed E-state index contributed by atoms with van der Waals surface area (Å²) in [6.07, 6.45) is 0.289. The molecule has 3 nitrogen and oxygen atoms in total. The van der Waals surface area contributed by atoms with Crippen LogP contribution in [0.3, 0.4) is 0 Å². The van der Waals surface area contributed by atoms with Gasteiger partial charge in [-0.05, 0) is 25.8 Å². The molecular weight excluding hydrogens is 121 g/mol. The van der Waals surface area contributed by atoms with E-state index in [0.717, 1.165) is 0 Å². The summed E-state index contributed by atoms with van der Waals surface area (Å²) in [5, 5.41) is 3.20. The van der Waals surface area contributed by atoms with Crippen molar-refractivity contribution in [2.24, 2.45) is 5.11 Å². The number of rotatable bonds is 3. The summed E-state index contributed by atoms with van der Waals surface area (Å²) in [6, 6.07) is 0. The summed E-state index contributed by atoms with van der Waals surface area (Å²) in [6.45, 7) is 3.15. The Morgan fingerprint density at radius 3 is 2.56 bits per heavy atom. The molecule has 0 amide bonds. The largest absolute Gasteiger partial charge is 0.245 e. The van der Waals surface area contributed by atoms with Crippen molar-refractivity contribution in [3.8, 4) is 0 Å². The summed E-state index contributed by atoms with van der Waals surface area (Å²) in [5.74, 6) is 0. The zero-order valence-electron chi connectivity index (χ0n) is 5.63. The lowest BCUT2D eigenvalue weighted by Crippen LogP contribution is -2.12. The highest BCUT2D eigenvalue weighted by molar-refractivity contribution is 4.66. The second-order valence-electron chi connectivity index (χ2n) is 2.42. The monoisotopic (exact) mass is 131 g/mol. The van der Waals surface area contributed by atoms with E-state index in [9.17, 15) is 4.39 Å². The van der Waals surface area contributed by atoms with Gasteiger partial charge >= 0.3 is 0 Å². The number of hydrogen-bond donors (Lipinski definition) is 0. The van der Waals surface area contributed by atoms with Crippen LogP contribution < -0.4 is 0 Å².